The highest BCUT2D eigenvalue weighted by Crippen LogP contribution is 2.22. The van der Waals surface area contributed by atoms with Crippen molar-refractivity contribution in [2.24, 2.45) is 0 Å². The van der Waals surface area contributed by atoms with E-state index >= 15 is 0 Å². The number of allylic oxidation sites excluding steroid dienone is 1. The molecule has 1 aromatic heterocycles. The molecule has 1 aromatic carbocycles. The Labute approximate surface area is 179 Å². The van der Waals surface area contributed by atoms with Crippen LogP contribution < -0.4 is 0 Å². The van der Waals surface area contributed by atoms with Gasteiger partial charge in [-0.15, -0.1) is 6.58 Å². The van der Waals surface area contributed by atoms with E-state index in [0.717, 1.165) is 36.7 Å². The first-order valence-corrected chi connectivity index (χ1v) is 10.4. The minimum Gasteiger partial charge on any atom is -0.446 e. The molecule has 0 aliphatic heterocycles. The highest BCUT2D eigenvalue weighted by molar-refractivity contribution is 5.92. The number of ether oxygens (including phenoxy) is 1. The Morgan fingerprint density at radius 2 is 1.76 bits per heavy atom. The Morgan fingerprint density at radius 1 is 1.21 bits per heavy atom. The molecule has 0 spiro atoms. The second-order valence-electron chi connectivity index (χ2n) is 7.10. The van der Waals surface area contributed by atoms with Crippen molar-refractivity contribution in [3.05, 3.63) is 48.7 Å². The van der Waals surface area contributed by atoms with Gasteiger partial charge in [-0.2, -0.15) is 0 Å². The van der Waals surface area contributed by atoms with Crippen LogP contribution in [0.15, 0.2) is 43.1 Å². The summed E-state index contributed by atoms with van der Waals surface area (Å²) in [5.74, 6) is 0. The lowest BCUT2D eigenvalue weighted by molar-refractivity contribution is 0.107. The average Bonchev–Trinajstić information content (AvgIpc) is 3.06. The number of nitrogens with zero attached hydrogens (tertiary/aromatic N) is 2. The first kappa shape index (κ1) is 29.1. The van der Waals surface area contributed by atoms with Gasteiger partial charge in [-0.3, -0.25) is 4.57 Å². The molecule has 0 bridgehead atoms. The molecule has 0 aliphatic rings. The van der Waals surface area contributed by atoms with Crippen LogP contribution in [0.25, 0.3) is 10.9 Å². The molecular weight excluding hydrogens is 360 g/mol. The molecule has 166 valence electrons. The average molecular weight is 405 g/mol. The lowest BCUT2D eigenvalue weighted by atomic mass is 10.1. The van der Waals surface area contributed by atoms with Gasteiger partial charge in [0.25, 0.3) is 0 Å². The summed E-state index contributed by atoms with van der Waals surface area (Å²) in [6.45, 7) is 14.7. The molecule has 1 heterocycles. The molecule has 0 aliphatic carbocycles. The second-order valence-corrected chi connectivity index (χ2v) is 7.10. The van der Waals surface area contributed by atoms with Gasteiger partial charge in [-0.1, -0.05) is 65.8 Å². The number of para-hydroxylation sites is 1. The summed E-state index contributed by atoms with van der Waals surface area (Å²) in [4.78, 5) is 14.5. The summed E-state index contributed by atoms with van der Waals surface area (Å²) in [6, 6.07) is 7.98. The van der Waals surface area contributed by atoms with Gasteiger partial charge in [-0.25, -0.2) is 4.79 Å². The molecule has 4 heteroatoms. The van der Waals surface area contributed by atoms with E-state index in [4.69, 9.17) is 4.74 Å². The standard InChI is InChI=1S/C17H24N2O2.C4H8.C3H8.CH4/c1-5-13(2)21-17(20)19-12-14(10-11-18(3)4)15-8-6-7-9-16(15)19;1-3-4-2;1-3-2;/h6-9,12-13H,5,10-11H2,1-4H3;3H,1,4H2,2H3;3H2,1-2H3;1H4. The first-order chi connectivity index (χ1) is 13.4. The number of carbonyl (C=O) groups excluding carboxylic acids is 1. The summed E-state index contributed by atoms with van der Waals surface area (Å²) < 4.78 is 7.08. The maximum absolute atomic E-state index is 12.3. The third-order valence-electron chi connectivity index (χ3n) is 3.99. The minimum atomic E-state index is -0.295. The molecule has 0 N–H and O–H groups in total. The van der Waals surface area contributed by atoms with Crippen molar-refractivity contribution < 1.29 is 9.53 Å². The van der Waals surface area contributed by atoms with Crippen LogP contribution in [0.2, 0.25) is 0 Å². The van der Waals surface area contributed by atoms with Crippen LogP contribution in [0, 0.1) is 0 Å². The predicted octanol–water partition coefficient (Wildman–Crippen LogP) is 7.16. The molecule has 0 saturated carbocycles. The normalized spacial score (nSPS) is 10.8. The van der Waals surface area contributed by atoms with Crippen LogP contribution in [-0.4, -0.2) is 42.3 Å². The van der Waals surface area contributed by atoms with E-state index in [1.54, 1.807) is 4.57 Å². The van der Waals surface area contributed by atoms with Crippen molar-refractivity contribution in [2.75, 3.05) is 20.6 Å². The van der Waals surface area contributed by atoms with E-state index in [1.807, 2.05) is 44.3 Å². The number of fused-ring (bicyclic) bond motifs is 1. The van der Waals surface area contributed by atoms with Crippen molar-refractivity contribution in [1.29, 1.82) is 0 Å². The summed E-state index contributed by atoms with van der Waals surface area (Å²) >= 11 is 0. The fourth-order valence-electron chi connectivity index (χ4n) is 2.26. The van der Waals surface area contributed by atoms with Gasteiger partial charge in [0, 0.05) is 18.1 Å². The molecule has 1 unspecified atom stereocenters. The van der Waals surface area contributed by atoms with Crippen molar-refractivity contribution in [1.82, 2.24) is 9.47 Å². The fraction of sp³-hybridized carbons (Fsp3) is 0.560. The van der Waals surface area contributed by atoms with Gasteiger partial charge in [-0.05, 0) is 51.9 Å². The van der Waals surface area contributed by atoms with Gasteiger partial charge >= 0.3 is 6.09 Å². The van der Waals surface area contributed by atoms with Gasteiger partial charge in [0.1, 0.15) is 6.10 Å². The molecule has 1 atom stereocenters. The van der Waals surface area contributed by atoms with E-state index in [2.05, 4.69) is 52.4 Å². The Balaban J connectivity index is 0. The van der Waals surface area contributed by atoms with Crippen LogP contribution in [0.5, 0.6) is 0 Å². The molecule has 29 heavy (non-hydrogen) atoms. The van der Waals surface area contributed by atoms with Crippen LogP contribution in [0.3, 0.4) is 0 Å². The molecule has 4 nitrogen and oxygen atoms in total. The zero-order valence-corrected chi connectivity index (χ0v) is 19.0. The summed E-state index contributed by atoms with van der Waals surface area (Å²) in [5.41, 5.74) is 2.10. The maximum atomic E-state index is 12.3. The SMILES string of the molecule is C.C=CCC.CCC.CCC(C)OC(=O)n1cc(CCN(C)C)c2ccccc21. The summed E-state index contributed by atoms with van der Waals surface area (Å²) in [6.07, 6.45) is 7.49. The van der Waals surface area contributed by atoms with Crippen molar-refractivity contribution in [2.45, 2.75) is 73.8 Å². The molecule has 0 amide bonds. The lowest BCUT2D eigenvalue weighted by Crippen LogP contribution is -2.19. The zero-order chi connectivity index (χ0) is 21.5. The molecule has 2 aromatic rings. The summed E-state index contributed by atoms with van der Waals surface area (Å²) in [7, 11) is 4.10. The van der Waals surface area contributed by atoms with Gasteiger partial charge in [0.15, 0.2) is 0 Å². The third kappa shape index (κ3) is 10.9. The van der Waals surface area contributed by atoms with E-state index in [-0.39, 0.29) is 19.6 Å². The maximum Gasteiger partial charge on any atom is 0.418 e. The highest BCUT2D eigenvalue weighted by atomic mass is 16.6. The monoisotopic (exact) mass is 404 g/mol. The van der Waals surface area contributed by atoms with E-state index in [0.29, 0.717) is 0 Å². The number of rotatable bonds is 6. The van der Waals surface area contributed by atoms with Crippen molar-refractivity contribution in [3.63, 3.8) is 0 Å². The molecule has 2 rings (SSSR count). The number of aromatic nitrogens is 1. The smallest absolute Gasteiger partial charge is 0.418 e. The van der Waals surface area contributed by atoms with Gasteiger partial charge < -0.3 is 9.64 Å². The lowest BCUT2D eigenvalue weighted by Gasteiger charge is -2.11. The second kappa shape index (κ2) is 16.8. The number of carbonyl (C=O) groups is 1. The van der Waals surface area contributed by atoms with Gasteiger partial charge in [0.05, 0.1) is 5.52 Å². The molecule has 0 radical (unpaired) electrons. The van der Waals surface area contributed by atoms with Crippen molar-refractivity contribution >= 4 is 17.0 Å². The zero-order valence-electron chi connectivity index (χ0n) is 19.0. The Morgan fingerprint density at radius 3 is 2.24 bits per heavy atom. The Hall–Kier alpha value is -2.07. The quantitative estimate of drug-likeness (QED) is 0.479. The van der Waals surface area contributed by atoms with Crippen LogP contribution in [-0.2, 0) is 11.2 Å². The largest absolute Gasteiger partial charge is 0.446 e. The van der Waals surface area contributed by atoms with E-state index < -0.39 is 0 Å². The Bertz CT molecular complexity index is 689. The molecular formula is C25H44N2O2. The third-order valence-corrected chi connectivity index (χ3v) is 3.99. The topological polar surface area (TPSA) is 34.5 Å². The van der Waals surface area contributed by atoms with Crippen molar-refractivity contribution in [3.8, 4) is 0 Å². The van der Waals surface area contributed by atoms with E-state index in [1.165, 1.54) is 12.0 Å². The van der Waals surface area contributed by atoms with E-state index in [9.17, 15) is 4.79 Å². The predicted molar refractivity (Wildman–Crippen MR) is 129 cm³/mol. The van der Waals surface area contributed by atoms with Gasteiger partial charge in [0.2, 0.25) is 0 Å². The number of hydrogen-bond donors (Lipinski definition) is 0. The number of hydrogen-bond acceptors (Lipinski definition) is 3. The molecule has 0 saturated heterocycles. The minimum absolute atomic E-state index is 0. The highest BCUT2D eigenvalue weighted by Gasteiger charge is 2.16. The van der Waals surface area contributed by atoms with Crippen LogP contribution in [0.1, 0.15) is 66.9 Å². The summed E-state index contributed by atoms with van der Waals surface area (Å²) in [5, 5.41) is 1.13. The first-order valence-electron chi connectivity index (χ1n) is 10.4. The fourth-order valence-corrected chi connectivity index (χ4v) is 2.26. The van der Waals surface area contributed by atoms with Crippen LogP contribution in [0.4, 0.5) is 4.79 Å². The Kier molecular flexibility index (Phi) is 16.9. The number of likely N-dealkylation sites (N-methyl/N-ethyl adjacent to an activating group) is 1. The van der Waals surface area contributed by atoms with Crippen LogP contribution >= 0.6 is 0 Å². The molecule has 0 fully saturated rings. The number of benzene rings is 1.